The van der Waals surface area contributed by atoms with Gasteiger partial charge < -0.3 is 14.3 Å². The minimum Gasteiger partial charge on any atom is -0.481 e. The molecule has 0 atom stereocenters. The molecule has 0 saturated carbocycles. The Morgan fingerprint density at radius 3 is 1.31 bits per heavy atom. The molecule has 172 valence electrons. The number of nitrogens with zero attached hydrogens (tertiary/aromatic N) is 1. The third-order valence-electron chi connectivity index (χ3n) is 5.30. The fourth-order valence-electron chi connectivity index (χ4n) is 3.35. The van der Waals surface area contributed by atoms with Gasteiger partial charge >= 0.3 is 11.9 Å². The molecule has 0 aliphatic heterocycles. The molecule has 5 heteroatoms. The van der Waals surface area contributed by atoms with Crippen molar-refractivity contribution in [2.75, 3.05) is 34.3 Å². The van der Waals surface area contributed by atoms with Crippen LogP contribution in [-0.4, -0.2) is 55.8 Å². The summed E-state index contributed by atoms with van der Waals surface area (Å²) in [6.45, 7) is 1.38. The average Bonchev–Trinajstić information content (AvgIpc) is 2.63. The van der Waals surface area contributed by atoms with Gasteiger partial charge in [-0.25, -0.2) is 0 Å². The van der Waals surface area contributed by atoms with Gasteiger partial charge in [0.05, 0.1) is 21.1 Å². The highest BCUT2D eigenvalue weighted by atomic mass is 16.5. The van der Waals surface area contributed by atoms with Gasteiger partial charge in [-0.05, 0) is 12.8 Å². The van der Waals surface area contributed by atoms with E-state index in [1.165, 1.54) is 70.6 Å². The Bertz CT molecular complexity index is 404. The van der Waals surface area contributed by atoms with Crippen LogP contribution in [0.3, 0.4) is 0 Å². The van der Waals surface area contributed by atoms with Crippen molar-refractivity contribution in [3.63, 3.8) is 0 Å². The number of ether oxygens (including phenoxy) is 1. The summed E-state index contributed by atoms with van der Waals surface area (Å²) < 4.78 is 6.10. The molecule has 0 aromatic rings. The molecule has 0 bridgehead atoms. The number of carboxylic acids is 1. The number of carbonyl (C=O) groups excluding carboxylic acids is 1. The van der Waals surface area contributed by atoms with E-state index in [9.17, 15) is 9.59 Å². The lowest BCUT2D eigenvalue weighted by molar-refractivity contribution is -0.870. The lowest BCUT2D eigenvalue weighted by atomic mass is 10.0. The molecular weight excluding hydrogens is 366 g/mol. The maximum Gasteiger partial charge on any atom is 0.305 e. The second-order valence-corrected chi connectivity index (χ2v) is 9.43. The van der Waals surface area contributed by atoms with E-state index in [2.05, 4.69) is 21.1 Å². The minimum absolute atomic E-state index is 0.0429. The van der Waals surface area contributed by atoms with Gasteiger partial charge in [0.2, 0.25) is 0 Å². The topological polar surface area (TPSA) is 63.6 Å². The summed E-state index contributed by atoms with van der Waals surface area (Å²) >= 11 is 0. The quantitative estimate of drug-likeness (QED) is 0.143. The molecule has 0 aliphatic rings. The SMILES string of the molecule is C[N+](C)(C)CCOC(=O)CCCCCCCCCCCCCCCCCC(=O)O. The zero-order chi connectivity index (χ0) is 21.8. The van der Waals surface area contributed by atoms with Gasteiger partial charge in [0, 0.05) is 12.8 Å². The molecule has 0 aliphatic carbocycles. The van der Waals surface area contributed by atoms with Crippen LogP contribution in [0.5, 0.6) is 0 Å². The van der Waals surface area contributed by atoms with E-state index in [-0.39, 0.29) is 5.97 Å². The van der Waals surface area contributed by atoms with Gasteiger partial charge in [0.25, 0.3) is 0 Å². The van der Waals surface area contributed by atoms with Crippen molar-refractivity contribution in [2.24, 2.45) is 0 Å². The van der Waals surface area contributed by atoms with Crippen molar-refractivity contribution in [3.8, 4) is 0 Å². The minimum atomic E-state index is -0.670. The molecule has 0 aromatic carbocycles. The van der Waals surface area contributed by atoms with E-state index in [1.807, 2.05) is 0 Å². The molecule has 0 radical (unpaired) electrons. The molecular formula is C24H48NO4+. The number of quaternary nitrogens is 1. The predicted octanol–water partition coefficient (Wildman–Crippen LogP) is 5.95. The molecule has 0 aromatic heterocycles. The Morgan fingerprint density at radius 1 is 0.621 bits per heavy atom. The molecule has 0 heterocycles. The maximum absolute atomic E-state index is 11.7. The number of aliphatic carboxylic acids is 1. The van der Waals surface area contributed by atoms with Crippen molar-refractivity contribution >= 4 is 11.9 Å². The Hall–Kier alpha value is -1.10. The summed E-state index contributed by atoms with van der Waals surface area (Å²) in [6, 6.07) is 0. The zero-order valence-corrected chi connectivity index (χ0v) is 19.6. The van der Waals surface area contributed by atoms with Crippen LogP contribution in [0.1, 0.15) is 109 Å². The monoisotopic (exact) mass is 414 g/mol. The lowest BCUT2D eigenvalue weighted by Gasteiger charge is -2.23. The second kappa shape index (κ2) is 18.9. The van der Waals surface area contributed by atoms with Crippen LogP contribution < -0.4 is 0 Å². The number of hydrogen-bond donors (Lipinski definition) is 1. The Balaban J connectivity index is 3.17. The van der Waals surface area contributed by atoms with Crippen molar-refractivity contribution < 1.29 is 23.9 Å². The van der Waals surface area contributed by atoms with Crippen molar-refractivity contribution in [2.45, 2.75) is 109 Å². The van der Waals surface area contributed by atoms with Crippen molar-refractivity contribution in [3.05, 3.63) is 0 Å². The van der Waals surface area contributed by atoms with E-state index < -0.39 is 5.97 Å². The average molecular weight is 415 g/mol. The van der Waals surface area contributed by atoms with Crippen molar-refractivity contribution in [1.82, 2.24) is 0 Å². The molecule has 0 saturated heterocycles. The maximum atomic E-state index is 11.7. The first-order valence-electron chi connectivity index (χ1n) is 12.0. The summed E-state index contributed by atoms with van der Waals surface area (Å²) in [5, 5.41) is 8.58. The number of esters is 1. The first kappa shape index (κ1) is 27.9. The fourth-order valence-corrected chi connectivity index (χ4v) is 3.35. The van der Waals surface area contributed by atoms with Crippen LogP contribution in [0.15, 0.2) is 0 Å². The van der Waals surface area contributed by atoms with Crippen LogP contribution >= 0.6 is 0 Å². The third-order valence-corrected chi connectivity index (χ3v) is 5.30. The number of unbranched alkanes of at least 4 members (excludes halogenated alkanes) is 14. The molecule has 29 heavy (non-hydrogen) atoms. The summed E-state index contributed by atoms with van der Waals surface area (Å²) in [5.41, 5.74) is 0. The van der Waals surface area contributed by atoms with Gasteiger partial charge in [0.15, 0.2) is 0 Å². The largest absolute Gasteiger partial charge is 0.481 e. The summed E-state index contributed by atoms with van der Waals surface area (Å²) in [6.07, 6.45) is 19.1. The normalized spacial score (nSPS) is 11.6. The summed E-state index contributed by atoms with van der Waals surface area (Å²) in [4.78, 5) is 22.1. The van der Waals surface area contributed by atoms with Gasteiger partial charge in [-0.2, -0.15) is 0 Å². The van der Waals surface area contributed by atoms with Gasteiger partial charge in [0.1, 0.15) is 13.2 Å². The molecule has 0 unspecified atom stereocenters. The number of hydrogen-bond acceptors (Lipinski definition) is 3. The summed E-state index contributed by atoms with van der Waals surface area (Å²) in [7, 11) is 6.30. The van der Waals surface area contributed by atoms with Gasteiger partial charge in [-0.15, -0.1) is 0 Å². The Labute approximate surface area is 179 Å². The van der Waals surface area contributed by atoms with Crippen LogP contribution in [0.25, 0.3) is 0 Å². The fraction of sp³-hybridized carbons (Fsp3) is 0.917. The molecule has 1 N–H and O–H groups in total. The first-order chi connectivity index (χ1) is 13.8. The van der Waals surface area contributed by atoms with E-state index in [1.54, 1.807) is 0 Å². The van der Waals surface area contributed by atoms with Gasteiger partial charge in [-0.3, -0.25) is 9.59 Å². The van der Waals surface area contributed by atoms with Crippen LogP contribution in [0.4, 0.5) is 0 Å². The third kappa shape index (κ3) is 24.9. The smallest absolute Gasteiger partial charge is 0.305 e. The lowest BCUT2D eigenvalue weighted by Crippen LogP contribution is -2.37. The number of rotatable bonds is 21. The van der Waals surface area contributed by atoms with E-state index in [4.69, 9.17) is 9.84 Å². The van der Waals surface area contributed by atoms with Crippen LogP contribution in [0, 0.1) is 0 Å². The first-order valence-corrected chi connectivity index (χ1v) is 12.0. The second-order valence-electron chi connectivity index (χ2n) is 9.43. The van der Waals surface area contributed by atoms with E-state index >= 15 is 0 Å². The zero-order valence-electron chi connectivity index (χ0n) is 19.6. The Kier molecular flexibility index (Phi) is 18.2. The number of carboxylic acid groups (broad SMARTS) is 1. The molecule has 0 spiro atoms. The van der Waals surface area contributed by atoms with E-state index in [0.717, 1.165) is 36.7 Å². The molecule has 0 fully saturated rings. The van der Waals surface area contributed by atoms with Crippen LogP contribution in [0.2, 0.25) is 0 Å². The number of likely N-dealkylation sites (N-methyl/N-ethyl adjacent to an activating group) is 1. The Morgan fingerprint density at radius 2 is 0.966 bits per heavy atom. The number of carbonyl (C=O) groups is 2. The standard InChI is InChI=1S/C24H47NO4/c1-25(2,3)21-22-29-24(28)20-18-16-14-12-10-8-6-4-5-7-9-11-13-15-17-19-23(26)27/h4-22H2,1-3H3/p+1. The highest BCUT2D eigenvalue weighted by Gasteiger charge is 2.09. The molecule has 0 rings (SSSR count). The van der Waals surface area contributed by atoms with Gasteiger partial charge in [-0.1, -0.05) is 83.5 Å². The highest BCUT2D eigenvalue weighted by molar-refractivity contribution is 5.69. The van der Waals surface area contributed by atoms with E-state index in [0.29, 0.717) is 19.4 Å². The van der Waals surface area contributed by atoms with Crippen LogP contribution in [-0.2, 0) is 14.3 Å². The molecule has 5 nitrogen and oxygen atoms in total. The molecule has 0 amide bonds. The summed E-state index contributed by atoms with van der Waals surface area (Å²) in [5.74, 6) is -0.713. The predicted molar refractivity (Wildman–Crippen MR) is 120 cm³/mol. The van der Waals surface area contributed by atoms with Crippen molar-refractivity contribution in [1.29, 1.82) is 0 Å². The highest BCUT2D eigenvalue weighted by Crippen LogP contribution is 2.14.